The van der Waals surface area contributed by atoms with E-state index in [9.17, 15) is 0 Å². The summed E-state index contributed by atoms with van der Waals surface area (Å²) in [6.45, 7) is 1.36. The minimum atomic E-state index is 0.426. The molecule has 0 aliphatic heterocycles. The van der Waals surface area contributed by atoms with Gasteiger partial charge in [0.1, 0.15) is 6.33 Å². The highest BCUT2D eigenvalue weighted by Crippen LogP contribution is 1.97. The maximum Gasteiger partial charge on any atom is 0.164 e. The molecule has 68 valence electrons. The molecule has 2 N–H and O–H groups in total. The first kappa shape index (κ1) is 9.54. The van der Waals surface area contributed by atoms with Gasteiger partial charge in [0.15, 0.2) is 5.82 Å². The number of aryl methyl sites for hydroxylation is 1. The molecule has 1 rings (SSSR count). The van der Waals surface area contributed by atoms with Crippen molar-refractivity contribution in [2.75, 3.05) is 12.0 Å². The summed E-state index contributed by atoms with van der Waals surface area (Å²) in [5.74, 6) is 1.89. The second-order valence-electron chi connectivity index (χ2n) is 2.47. The second kappa shape index (κ2) is 5.16. The van der Waals surface area contributed by atoms with Crippen LogP contribution in [0.25, 0.3) is 0 Å². The zero-order chi connectivity index (χ0) is 8.81. The van der Waals surface area contributed by atoms with Crippen molar-refractivity contribution in [2.24, 2.45) is 5.73 Å². The number of thioether (sulfide) groups is 1. The van der Waals surface area contributed by atoms with Gasteiger partial charge in [-0.15, -0.1) is 0 Å². The number of aromatic nitrogens is 3. The first-order chi connectivity index (χ1) is 5.86. The Kier molecular flexibility index (Phi) is 4.10. The molecule has 0 fully saturated rings. The average molecular weight is 186 g/mol. The topological polar surface area (TPSA) is 56.7 Å². The van der Waals surface area contributed by atoms with Crippen molar-refractivity contribution in [2.45, 2.75) is 19.5 Å². The van der Waals surface area contributed by atoms with E-state index >= 15 is 0 Å². The van der Waals surface area contributed by atoms with Crippen LogP contribution in [0.1, 0.15) is 12.2 Å². The van der Waals surface area contributed by atoms with Crippen LogP contribution in [0.4, 0.5) is 0 Å². The molecule has 0 atom stereocenters. The molecule has 0 amide bonds. The van der Waals surface area contributed by atoms with Crippen LogP contribution < -0.4 is 5.73 Å². The first-order valence-corrected chi connectivity index (χ1v) is 5.33. The van der Waals surface area contributed by atoms with E-state index in [2.05, 4.69) is 16.3 Å². The van der Waals surface area contributed by atoms with Gasteiger partial charge in [-0.3, -0.25) is 4.68 Å². The number of nitrogens with zero attached hydrogens (tertiary/aromatic N) is 3. The summed E-state index contributed by atoms with van der Waals surface area (Å²) in [6, 6.07) is 0. The Morgan fingerprint density at radius 3 is 3.08 bits per heavy atom. The highest BCUT2D eigenvalue weighted by molar-refractivity contribution is 7.98. The van der Waals surface area contributed by atoms with Crippen LogP contribution in [0, 0.1) is 0 Å². The highest BCUT2D eigenvalue weighted by Gasteiger charge is 1.96. The number of nitrogens with two attached hydrogens (primary N) is 1. The highest BCUT2D eigenvalue weighted by atomic mass is 32.2. The van der Waals surface area contributed by atoms with E-state index in [0.717, 1.165) is 24.5 Å². The molecule has 5 heteroatoms. The van der Waals surface area contributed by atoms with Crippen molar-refractivity contribution in [1.29, 1.82) is 0 Å². The molecule has 1 heterocycles. The van der Waals surface area contributed by atoms with Crippen LogP contribution in [0.5, 0.6) is 0 Å². The van der Waals surface area contributed by atoms with E-state index in [1.807, 2.05) is 16.4 Å². The molecule has 0 saturated carbocycles. The summed E-state index contributed by atoms with van der Waals surface area (Å²) in [5.41, 5.74) is 5.38. The third kappa shape index (κ3) is 2.83. The molecule has 12 heavy (non-hydrogen) atoms. The maximum atomic E-state index is 5.38. The lowest BCUT2D eigenvalue weighted by Gasteiger charge is -1.97. The summed E-state index contributed by atoms with van der Waals surface area (Å²) < 4.78 is 1.85. The van der Waals surface area contributed by atoms with Crippen LogP contribution in [0.15, 0.2) is 6.33 Å². The molecule has 0 aromatic carbocycles. The van der Waals surface area contributed by atoms with Crippen LogP contribution in [0.3, 0.4) is 0 Å². The van der Waals surface area contributed by atoms with Crippen molar-refractivity contribution >= 4 is 11.8 Å². The van der Waals surface area contributed by atoms with Crippen LogP contribution in [-0.4, -0.2) is 26.8 Å². The van der Waals surface area contributed by atoms with Gasteiger partial charge < -0.3 is 5.73 Å². The Balaban J connectivity index is 2.31. The Morgan fingerprint density at radius 2 is 2.50 bits per heavy atom. The molecule has 1 aromatic rings. The number of hydrogen-bond acceptors (Lipinski definition) is 4. The van der Waals surface area contributed by atoms with Gasteiger partial charge >= 0.3 is 0 Å². The smallest absolute Gasteiger partial charge is 0.164 e. The second-order valence-corrected chi connectivity index (χ2v) is 3.46. The van der Waals surface area contributed by atoms with Crippen LogP contribution in [0.2, 0.25) is 0 Å². The fourth-order valence-corrected chi connectivity index (χ4v) is 1.32. The molecule has 0 saturated heterocycles. The molecule has 4 nitrogen and oxygen atoms in total. The Hall–Kier alpha value is -0.550. The quantitative estimate of drug-likeness (QED) is 0.680. The molecule has 0 spiro atoms. The lowest BCUT2D eigenvalue weighted by molar-refractivity contribution is 0.597. The fraction of sp³-hybridized carbons (Fsp3) is 0.714. The molecule has 0 aliphatic carbocycles. The molecule has 0 aliphatic rings. The summed E-state index contributed by atoms with van der Waals surface area (Å²) in [4.78, 5) is 4.03. The zero-order valence-electron chi connectivity index (χ0n) is 7.23. The monoisotopic (exact) mass is 186 g/mol. The van der Waals surface area contributed by atoms with Crippen molar-refractivity contribution in [3.05, 3.63) is 12.2 Å². The minimum absolute atomic E-state index is 0.426. The van der Waals surface area contributed by atoms with Gasteiger partial charge in [0, 0.05) is 6.54 Å². The Labute approximate surface area is 76.5 Å². The summed E-state index contributed by atoms with van der Waals surface area (Å²) in [6.07, 6.45) is 4.98. The van der Waals surface area contributed by atoms with E-state index in [1.54, 1.807) is 6.33 Å². The predicted molar refractivity (Wildman–Crippen MR) is 50.9 cm³/mol. The van der Waals surface area contributed by atoms with Gasteiger partial charge in [-0.2, -0.15) is 16.9 Å². The summed E-state index contributed by atoms with van der Waals surface area (Å²) in [7, 11) is 0. The van der Waals surface area contributed by atoms with Crippen molar-refractivity contribution in [1.82, 2.24) is 14.8 Å². The number of hydrogen-bond donors (Lipinski definition) is 1. The lowest BCUT2D eigenvalue weighted by atomic mass is 10.5. The molecule has 0 bridgehead atoms. The molecule has 0 radical (unpaired) electrons. The largest absolute Gasteiger partial charge is 0.324 e. The predicted octanol–water partition coefficient (Wildman–Crippen LogP) is 0.490. The van der Waals surface area contributed by atoms with Crippen molar-refractivity contribution in [3.63, 3.8) is 0 Å². The Morgan fingerprint density at radius 1 is 1.67 bits per heavy atom. The molecular formula is C7H14N4S. The zero-order valence-corrected chi connectivity index (χ0v) is 8.05. The minimum Gasteiger partial charge on any atom is -0.324 e. The van der Waals surface area contributed by atoms with Gasteiger partial charge in [-0.05, 0) is 18.4 Å². The van der Waals surface area contributed by atoms with E-state index in [0.29, 0.717) is 6.54 Å². The van der Waals surface area contributed by atoms with Gasteiger partial charge in [0.25, 0.3) is 0 Å². The van der Waals surface area contributed by atoms with Crippen LogP contribution >= 0.6 is 11.8 Å². The first-order valence-electron chi connectivity index (χ1n) is 3.94. The average Bonchev–Trinajstić information content (AvgIpc) is 2.53. The lowest BCUT2D eigenvalue weighted by Crippen LogP contribution is -2.03. The fourth-order valence-electron chi connectivity index (χ4n) is 0.905. The Bertz CT molecular complexity index is 223. The van der Waals surface area contributed by atoms with E-state index in [-0.39, 0.29) is 0 Å². The molecule has 1 aromatic heterocycles. The third-order valence-electron chi connectivity index (χ3n) is 1.50. The maximum absolute atomic E-state index is 5.38. The van der Waals surface area contributed by atoms with Gasteiger partial charge in [-0.1, -0.05) is 0 Å². The van der Waals surface area contributed by atoms with Gasteiger partial charge in [0.2, 0.25) is 0 Å². The van der Waals surface area contributed by atoms with E-state index in [4.69, 9.17) is 5.73 Å². The summed E-state index contributed by atoms with van der Waals surface area (Å²) in [5, 5.41) is 4.17. The molecular weight excluding hydrogens is 172 g/mol. The van der Waals surface area contributed by atoms with Gasteiger partial charge in [0.05, 0.1) is 6.54 Å². The van der Waals surface area contributed by atoms with E-state index < -0.39 is 0 Å². The van der Waals surface area contributed by atoms with Crippen LogP contribution in [-0.2, 0) is 13.1 Å². The standard InChI is InChI=1S/C7H14N4S/c1-12-4-2-3-11-6-9-7(5-8)10-11/h6H,2-5,8H2,1H3. The summed E-state index contributed by atoms with van der Waals surface area (Å²) >= 11 is 1.85. The normalized spacial score (nSPS) is 10.5. The number of rotatable bonds is 5. The molecule has 0 unspecified atom stereocenters. The van der Waals surface area contributed by atoms with Crippen molar-refractivity contribution < 1.29 is 0 Å². The van der Waals surface area contributed by atoms with Crippen molar-refractivity contribution in [3.8, 4) is 0 Å². The van der Waals surface area contributed by atoms with E-state index in [1.165, 1.54) is 0 Å². The SMILES string of the molecule is CSCCCn1cnc(CN)n1. The van der Waals surface area contributed by atoms with Gasteiger partial charge in [-0.25, -0.2) is 4.98 Å². The third-order valence-corrected chi connectivity index (χ3v) is 2.20.